The third-order valence-electron chi connectivity index (χ3n) is 3.85. The molecule has 7 heteroatoms. The molecule has 0 bridgehead atoms. The first-order chi connectivity index (χ1) is 12.4. The van der Waals surface area contributed by atoms with Gasteiger partial charge in [-0.15, -0.1) is 0 Å². The zero-order chi connectivity index (χ0) is 19.2. The summed E-state index contributed by atoms with van der Waals surface area (Å²) >= 11 is 0. The molecule has 2 aromatic rings. The summed E-state index contributed by atoms with van der Waals surface area (Å²) in [5.41, 5.74) is 1.14. The molecule has 0 radical (unpaired) electrons. The zero-order valence-electron chi connectivity index (χ0n) is 15.2. The van der Waals surface area contributed by atoms with Gasteiger partial charge >= 0.3 is 0 Å². The first kappa shape index (κ1) is 19.9. The SMILES string of the molecule is CCOc1ccc(C=Nc2ccc(S(=O)(=O)N(CC)CC)cc2)c(O)c1. The molecule has 2 aromatic carbocycles. The van der Waals surface area contributed by atoms with Gasteiger partial charge in [-0.05, 0) is 43.3 Å². The average molecular weight is 376 g/mol. The highest BCUT2D eigenvalue weighted by Crippen LogP contribution is 2.24. The van der Waals surface area contributed by atoms with E-state index in [2.05, 4.69) is 4.99 Å². The molecule has 6 nitrogen and oxygen atoms in total. The number of aliphatic imine (C=N–C) groups is 1. The minimum Gasteiger partial charge on any atom is -0.507 e. The molecule has 0 aliphatic carbocycles. The minimum atomic E-state index is -3.47. The molecule has 0 aromatic heterocycles. The largest absolute Gasteiger partial charge is 0.507 e. The van der Waals surface area contributed by atoms with Crippen molar-refractivity contribution in [3.8, 4) is 11.5 Å². The van der Waals surface area contributed by atoms with E-state index >= 15 is 0 Å². The monoisotopic (exact) mass is 376 g/mol. The van der Waals surface area contributed by atoms with E-state index in [1.165, 1.54) is 16.6 Å². The van der Waals surface area contributed by atoms with E-state index in [1.54, 1.807) is 36.4 Å². The molecule has 0 spiro atoms. The molecule has 0 aliphatic rings. The molecule has 0 saturated heterocycles. The van der Waals surface area contributed by atoms with Gasteiger partial charge in [-0.1, -0.05) is 13.8 Å². The first-order valence-electron chi connectivity index (χ1n) is 8.52. The van der Waals surface area contributed by atoms with E-state index in [4.69, 9.17) is 4.74 Å². The van der Waals surface area contributed by atoms with Gasteiger partial charge in [-0.3, -0.25) is 4.99 Å². The van der Waals surface area contributed by atoms with Gasteiger partial charge in [0.05, 0.1) is 17.2 Å². The van der Waals surface area contributed by atoms with E-state index in [0.717, 1.165) is 0 Å². The number of hydrogen-bond donors (Lipinski definition) is 1. The van der Waals surface area contributed by atoms with Crippen molar-refractivity contribution in [2.45, 2.75) is 25.7 Å². The lowest BCUT2D eigenvalue weighted by atomic mass is 10.2. The molecule has 1 N–H and O–H groups in total. The maximum Gasteiger partial charge on any atom is 0.243 e. The number of phenolic OH excluding ortho intramolecular Hbond substituents is 1. The fraction of sp³-hybridized carbons (Fsp3) is 0.316. The van der Waals surface area contributed by atoms with Crippen LogP contribution in [-0.2, 0) is 10.0 Å². The van der Waals surface area contributed by atoms with Crippen molar-refractivity contribution in [1.82, 2.24) is 4.31 Å². The van der Waals surface area contributed by atoms with Crippen LogP contribution < -0.4 is 4.74 Å². The fourth-order valence-electron chi connectivity index (χ4n) is 2.45. The van der Waals surface area contributed by atoms with Gasteiger partial charge in [-0.25, -0.2) is 8.42 Å². The zero-order valence-corrected chi connectivity index (χ0v) is 16.0. The van der Waals surface area contributed by atoms with Crippen LogP contribution in [0.4, 0.5) is 5.69 Å². The van der Waals surface area contributed by atoms with E-state index in [1.807, 2.05) is 20.8 Å². The molecular weight excluding hydrogens is 352 g/mol. The number of benzene rings is 2. The lowest BCUT2D eigenvalue weighted by Crippen LogP contribution is -2.30. The normalized spacial score (nSPS) is 12.0. The van der Waals surface area contributed by atoms with Crippen molar-refractivity contribution in [3.05, 3.63) is 48.0 Å². The third kappa shape index (κ3) is 4.62. The third-order valence-corrected chi connectivity index (χ3v) is 5.91. The lowest BCUT2D eigenvalue weighted by molar-refractivity contribution is 0.337. The second kappa shape index (κ2) is 8.82. The van der Waals surface area contributed by atoms with Gasteiger partial charge in [0.1, 0.15) is 11.5 Å². The van der Waals surface area contributed by atoms with Gasteiger partial charge in [0.2, 0.25) is 10.0 Å². The Labute approximate surface area is 154 Å². The van der Waals surface area contributed by atoms with Crippen molar-refractivity contribution in [2.24, 2.45) is 4.99 Å². The fourth-order valence-corrected chi connectivity index (χ4v) is 3.91. The van der Waals surface area contributed by atoms with Crippen LogP contribution >= 0.6 is 0 Å². The molecule has 0 unspecified atom stereocenters. The number of ether oxygens (including phenoxy) is 1. The van der Waals surface area contributed by atoms with Crippen molar-refractivity contribution >= 4 is 21.9 Å². The Hall–Kier alpha value is -2.38. The lowest BCUT2D eigenvalue weighted by Gasteiger charge is -2.18. The minimum absolute atomic E-state index is 0.0698. The molecule has 0 fully saturated rings. The number of rotatable bonds is 8. The van der Waals surface area contributed by atoms with Crippen LogP contribution in [-0.4, -0.2) is 43.7 Å². The van der Waals surface area contributed by atoms with Gasteiger partial charge in [0.25, 0.3) is 0 Å². The smallest absolute Gasteiger partial charge is 0.243 e. The number of phenols is 1. The summed E-state index contributed by atoms with van der Waals surface area (Å²) in [6, 6.07) is 11.4. The van der Waals surface area contributed by atoms with Crippen molar-refractivity contribution in [1.29, 1.82) is 0 Å². The van der Waals surface area contributed by atoms with Crippen LogP contribution in [0.15, 0.2) is 52.4 Å². The molecular formula is C19H24N2O4S. The van der Waals surface area contributed by atoms with E-state index in [-0.39, 0.29) is 10.6 Å². The predicted molar refractivity (Wildman–Crippen MR) is 103 cm³/mol. The number of aromatic hydroxyl groups is 1. The topological polar surface area (TPSA) is 79.2 Å². The van der Waals surface area contributed by atoms with Crippen molar-refractivity contribution in [3.63, 3.8) is 0 Å². The summed E-state index contributed by atoms with van der Waals surface area (Å²) < 4.78 is 31.6. The number of hydrogen-bond acceptors (Lipinski definition) is 5. The summed E-state index contributed by atoms with van der Waals surface area (Å²) in [6.07, 6.45) is 1.53. The highest BCUT2D eigenvalue weighted by Gasteiger charge is 2.20. The Kier molecular flexibility index (Phi) is 6.76. The summed E-state index contributed by atoms with van der Waals surface area (Å²) in [5.74, 6) is 0.661. The molecule has 26 heavy (non-hydrogen) atoms. The van der Waals surface area contributed by atoms with Gasteiger partial charge in [0.15, 0.2) is 0 Å². The van der Waals surface area contributed by atoms with E-state index in [9.17, 15) is 13.5 Å². The second-order valence-corrected chi connectivity index (χ2v) is 7.43. The Balaban J connectivity index is 2.18. The standard InChI is InChI=1S/C19H24N2O4S/c1-4-21(5-2)26(23,24)18-11-8-16(9-12-18)20-14-15-7-10-17(25-6-3)13-19(15)22/h7-14,22H,4-6H2,1-3H3. The molecule has 0 amide bonds. The summed E-state index contributed by atoms with van der Waals surface area (Å²) in [4.78, 5) is 4.53. The Morgan fingerprint density at radius 3 is 2.27 bits per heavy atom. The molecule has 2 rings (SSSR count). The summed E-state index contributed by atoms with van der Waals surface area (Å²) in [7, 11) is -3.47. The highest BCUT2D eigenvalue weighted by atomic mass is 32.2. The van der Waals surface area contributed by atoms with Crippen LogP contribution in [0.5, 0.6) is 11.5 Å². The van der Waals surface area contributed by atoms with Gasteiger partial charge in [0, 0.05) is 30.9 Å². The average Bonchev–Trinajstić information content (AvgIpc) is 2.62. The maximum atomic E-state index is 12.5. The highest BCUT2D eigenvalue weighted by molar-refractivity contribution is 7.89. The van der Waals surface area contributed by atoms with Crippen LogP contribution in [0.3, 0.4) is 0 Å². The first-order valence-corrected chi connectivity index (χ1v) is 9.96. The molecule has 0 saturated carbocycles. The van der Waals surface area contributed by atoms with Crippen LogP contribution in [0, 0.1) is 0 Å². The molecule has 0 atom stereocenters. The van der Waals surface area contributed by atoms with Crippen LogP contribution in [0.25, 0.3) is 0 Å². The van der Waals surface area contributed by atoms with Crippen molar-refractivity contribution in [2.75, 3.05) is 19.7 Å². The quantitative estimate of drug-likeness (QED) is 0.714. The Bertz CT molecular complexity index is 858. The maximum absolute atomic E-state index is 12.5. The predicted octanol–water partition coefficient (Wildman–Crippen LogP) is 3.57. The van der Waals surface area contributed by atoms with Crippen molar-refractivity contribution < 1.29 is 18.3 Å². The van der Waals surface area contributed by atoms with Gasteiger partial charge < -0.3 is 9.84 Å². The van der Waals surface area contributed by atoms with E-state index < -0.39 is 10.0 Å². The Morgan fingerprint density at radius 2 is 1.73 bits per heavy atom. The van der Waals surface area contributed by atoms with E-state index in [0.29, 0.717) is 36.7 Å². The summed E-state index contributed by atoms with van der Waals surface area (Å²) in [6.45, 7) is 6.86. The second-order valence-electron chi connectivity index (χ2n) is 5.50. The molecule has 0 heterocycles. The summed E-state index contributed by atoms with van der Waals surface area (Å²) in [5, 5.41) is 10.0. The van der Waals surface area contributed by atoms with Gasteiger partial charge in [-0.2, -0.15) is 4.31 Å². The Morgan fingerprint density at radius 1 is 1.08 bits per heavy atom. The molecule has 0 aliphatic heterocycles. The molecule has 140 valence electrons. The number of sulfonamides is 1. The van der Waals surface area contributed by atoms with Crippen LogP contribution in [0.1, 0.15) is 26.3 Å². The number of nitrogens with zero attached hydrogens (tertiary/aromatic N) is 2. The van der Waals surface area contributed by atoms with Crippen LogP contribution in [0.2, 0.25) is 0 Å².